The van der Waals surface area contributed by atoms with Gasteiger partial charge < -0.3 is 19.3 Å². The molecular formula is C24H17NO6. The van der Waals surface area contributed by atoms with Gasteiger partial charge in [-0.25, -0.2) is 0 Å². The Labute approximate surface area is 177 Å². The number of nitrogens with zero attached hydrogens (tertiary/aromatic N) is 1. The molecule has 31 heavy (non-hydrogen) atoms. The van der Waals surface area contributed by atoms with Gasteiger partial charge in [0.25, 0.3) is 0 Å². The largest absolute Gasteiger partial charge is 0.504 e. The molecule has 0 saturated heterocycles. The quantitative estimate of drug-likeness (QED) is 0.394. The summed E-state index contributed by atoms with van der Waals surface area (Å²) in [6.45, 7) is 0. The summed E-state index contributed by atoms with van der Waals surface area (Å²) < 4.78 is 16.5. The van der Waals surface area contributed by atoms with Gasteiger partial charge in [0.2, 0.25) is 5.78 Å². The number of Topliss-reactive ketones (excluding diaryl/α,β-unsaturated/α-hetero) is 1. The van der Waals surface area contributed by atoms with E-state index in [4.69, 9.17) is 14.2 Å². The summed E-state index contributed by atoms with van der Waals surface area (Å²) in [5, 5.41) is 10.0. The lowest BCUT2D eigenvalue weighted by atomic mass is 9.85. The van der Waals surface area contributed by atoms with Gasteiger partial charge in [-0.1, -0.05) is 6.07 Å². The first kappa shape index (κ1) is 18.9. The van der Waals surface area contributed by atoms with Crippen LogP contribution in [-0.2, 0) is 4.79 Å². The van der Waals surface area contributed by atoms with Crippen molar-refractivity contribution in [1.82, 2.24) is 4.98 Å². The summed E-state index contributed by atoms with van der Waals surface area (Å²) in [5.41, 5.74) is 2.53. The lowest BCUT2D eigenvalue weighted by Gasteiger charge is -2.26. The highest BCUT2D eigenvalue weighted by Gasteiger charge is 2.38. The molecule has 0 fully saturated rings. The highest BCUT2D eigenvalue weighted by molar-refractivity contribution is 6.15. The lowest BCUT2D eigenvalue weighted by molar-refractivity contribution is -0.135. The van der Waals surface area contributed by atoms with Gasteiger partial charge in [-0.05, 0) is 53.6 Å². The topological polar surface area (TPSA) is 95.0 Å². The van der Waals surface area contributed by atoms with Crippen molar-refractivity contribution < 1.29 is 28.9 Å². The van der Waals surface area contributed by atoms with E-state index in [1.807, 2.05) is 12.1 Å². The summed E-state index contributed by atoms with van der Waals surface area (Å²) in [5.74, 6) is 0.252. The van der Waals surface area contributed by atoms with E-state index in [-0.39, 0.29) is 35.6 Å². The van der Waals surface area contributed by atoms with E-state index in [0.717, 1.165) is 5.56 Å². The highest BCUT2D eigenvalue weighted by atomic mass is 16.5. The van der Waals surface area contributed by atoms with Crippen LogP contribution in [0.15, 0.2) is 60.6 Å². The molecule has 0 amide bonds. The molecule has 0 aliphatic carbocycles. The zero-order valence-corrected chi connectivity index (χ0v) is 16.5. The smallest absolute Gasteiger partial charge is 0.312 e. The molecule has 0 saturated carbocycles. The number of rotatable bonds is 3. The van der Waals surface area contributed by atoms with Crippen LogP contribution in [-0.4, -0.2) is 29.0 Å². The zero-order valence-electron chi connectivity index (χ0n) is 16.5. The van der Waals surface area contributed by atoms with Crippen molar-refractivity contribution in [3.8, 4) is 23.0 Å². The average molecular weight is 415 g/mol. The van der Waals surface area contributed by atoms with Crippen LogP contribution in [0.3, 0.4) is 0 Å². The molecule has 2 aliphatic heterocycles. The number of phenols is 1. The highest BCUT2D eigenvalue weighted by Crippen LogP contribution is 2.48. The monoisotopic (exact) mass is 415 g/mol. The molecule has 0 bridgehead atoms. The first-order valence-electron chi connectivity index (χ1n) is 9.64. The van der Waals surface area contributed by atoms with Crippen LogP contribution in [0.2, 0.25) is 0 Å². The Morgan fingerprint density at radius 2 is 1.90 bits per heavy atom. The van der Waals surface area contributed by atoms with E-state index in [2.05, 4.69) is 4.98 Å². The van der Waals surface area contributed by atoms with Gasteiger partial charge >= 0.3 is 5.97 Å². The standard InChI is InChI=1S/C24H17NO6/c1-29-18-4-2-13(10-17(18)26)11-20-23(28)15-3-5-19-22(24(15)31-20)16(12-21(27)30-19)14-6-8-25-9-7-14/h2-11,16,26H,12H2,1H3/b20-11-. The fraction of sp³-hybridized carbons (Fsp3) is 0.125. The SMILES string of the molecule is COc1ccc(/C=C2\Oc3c(ccc4c3C(c3ccncc3)CC(=O)O4)C2=O)cc1O. The number of methoxy groups -OCH3 is 1. The van der Waals surface area contributed by atoms with Crippen molar-refractivity contribution in [3.05, 3.63) is 82.9 Å². The summed E-state index contributed by atoms with van der Waals surface area (Å²) in [7, 11) is 1.46. The van der Waals surface area contributed by atoms with Gasteiger partial charge in [0.05, 0.1) is 19.1 Å². The van der Waals surface area contributed by atoms with Crippen molar-refractivity contribution >= 4 is 17.8 Å². The van der Waals surface area contributed by atoms with Crippen molar-refractivity contribution in [2.45, 2.75) is 12.3 Å². The fourth-order valence-electron chi connectivity index (χ4n) is 3.93. The van der Waals surface area contributed by atoms with E-state index in [1.165, 1.54) is 13.2 Å². The minimum absolute atomic E-state index is 0.0400. The molecule has 2 aliphatic rings. The van der Waals surface area contributed by atoms with Crippen LogP contribution < -0.4 is 14.2 Å². The fourth-order valence-corrected chi connectivity index (χ4v) is 3.93. The summed E-state index contributed by atoms with van der Waals surface area (Å²) in [6.07, 6.45) is 5.01. The number of fused-ring (bicyclic) bond motifs is 3. The second kappa shape index (κ2) is 7.28. The predicted octanol–water partition coefficient (Wildman–Crippen LogP) is 3.85. The first-order valence-corrected chi connectivity index (χ1v) is 9.64. The number of hydrogen-bond acceptors (Lipinski definition) is 7. The molecule has 2 aromatic carbocycles. The molecule has 1 N–H and O–H groups in total. The predicted molar refractivity (Wildman–Crippen MR) is 110 cm³/mol. The molecule has 0 radical (unpaired) electrons. The van der Waals surface area contributed by atoms with E-state index in [0.29, 0.717) is 33.9 Å². The Kier molecular flexibility index (Phi) is 4.43. The molecule has 0 spiro atoms. The Balaban J connectivity index is 1.58. The van der Waals surface area contributed by atoms with E-state index < -0.39 is 0 Å². The number of pyridine rings is 1. The number of phenolic OH excluding ortho intramolecular Hbond substituents is 1. The van der Waals surface area contributed by atoms with Gasteiger partial charge in [0.1, 0.15) is 11.5 Å². The number of carbonyl (C=O) groups excluding carboxylic acids is 2. The van der Waals surface area contributed by atoms with Gasteiger partial charge in [-0.15, -0.1) is 0 Å². The Hall–Kier alpha value is -4.13. The number of ketones is 1. The minimum Gasteiger partial charge on any atom is -0.504 e. The van der Waals surface area contributed by atoms with Crippen LogP contribution in [0, 0.1) is 0 Å². The van der Waals surface area contributed by atoms with Crippen LogP contribution >= 0.6 is 0 Å². The van der Waals surface area contributed by atoms with Gasteiger partial charge in [0, 0.05) is 23.9 Å². The maximum atomic E-state index is 13.0. The Bertz CT molecular complexity index is 1250. The number of carbonyl (C=O) groups is 2. The normalized spacial score (nSPS) is 18.2. The molecule has 1 atom stereocenters. The summed E-state index contributed by atoms with van der Waals surface area (Å²) in [6, 6.07) is 11.7. The van der Waals surface area contributed by atoms with Gasteiger partial charge in [-0.2, -0.15) is 0 Å². The summed E-state index contributed by atoms with van der Waals surface area (Å²) >= 11 is 0. The molecule has 3 heterocycles. The van der Waals surface area contributed by atoms with Crippen LogP contribution in [0.1, 0.15) is 39.4 Å². The average Bonchev–Trinajstić information content (AvgIpc) is 3.09. The molecule has 1 unspecified atom stereocenters. The zero-order chi connectivity index (χ0) is 21.5. The number of allylic oxidation sites excluding steroid dienone is 1. The Morgan fingerprint density at radius 1 is 1.10 bits per heavy atom. The van der Waals surface area contributed by atoms with Crippen LogP contribution in [0.25, 0.3) is 6.08 Å². The third kappa shape index (κ3) is 3.20. The number of aromatic nitrogens is 1. The first-order chi connectivity index (χ1) is 15.0. The van der Waals surface area contributed by atoms with Crippen molar-refractivity contribution in [2.24, 2.45) is 0 Å². The van der Waals surface area contributed by atoms with Crippen molar-refractivity contribution in [1.29, 1.82) is 0 Å². The molecule has 7 heteroatoms. The number of ether oxygens (including phenoxy) is 3. The molecule has 1 aromatic heterocycles. The van der Waals surface area contributed by atoms with Crippen LogP contribution in [0.4, 0.5) is 0 Å². The van der Waals surface area contributed by atoms with Crippen molar-refractivity contribution in [3.63, 3.8) is 0 Å². The van der Waals surface area contributed by atoms with Gasteiger partial charge in [0.15, 0.2) is 17.3 Å². The van der Waals surface area contributed by atoms with Crippen molar-refractivity contribution in [2.75, 3.05) is 7.11 Å². The Morgan fingerprint density at radius 3 is 2.65 bits per heavy atom. The maximum Gasteiger partial charge on any atom is 0.312 e. The maximum absolute atomic E-state index is 13.0. The minimum atomic E-state index is -0.344. The third-order valence-corrected chi connectivity index (χ3v) is 5.39. The number of benzene rings is 2. The molecular weight excluding hydrogens is 398 g/mol. The molecule has 5 rings (SSSR count). The third-order valence-electron chi connectivity index (χ3n) is 5.39. The second-order valence-corrected chi connectivity index (χ2v) is 7.24. The number of esters is 1. The van der Waals surface area contributed by atoms with Gasteiger partial charge in [-0.3, -0.25) is 14.6 Å². The molecule has 3 aromatic rings. The van der Waals surface area contributed by atoms with E-state index in [9.17, 15) is 14.7 Å². The number of hydrogen-bond donors (Lipinski definition) is 1. The van der Waals surface area contributed by atoms with E-state index in [1.54, 1.807) is 42.7 Å². The van der Waals surface area contributed by atoms with E-state index >= 15 is 0 Å². The molecule has 7 nitrogen and oxygen atoms in total. The second-order valence-electron chi connectivity index (χ2n) is 7.24. The number of aromatic hydroxyl groups is 1. The molecule has 154 valence electrons. The lowest BCUT2D eigenvalue weighted by Crippen LogP contribution is -2.21. The summed E-state index contributed by atoms with van der Waals surface area (Å²) in [4.78, 5) is 29.2. The van der Waals surface area contributed by atoms with Crippen LogP contribution in [0.5, 0.6) is 23.0 Å².